The van der Waals surface area contributed by atoms with E-state index >= 15 is 0 Å². The standard InChI is InChI=1S/C13H16N6O2/c1-14-13(21)11-5-3-10(4-6-11)7-18(2)12(20)8-19-9-15-16-17-19/h3-6,9H,7-8H2,1-2H3,(H,14,21). The van der Waals surface area contributed by atoms with Crippen LogP contribution in [0.25, 0.3) is 0 Å². The molecule has 0 atom stereocenters. The van der Waals surface area contributed by atoms with Crippen LogP contribution in [0.5, 0.6) is 0 Å². The summed E-state index contributed by atoms with van der Waals surface area (Å²) in [5.74, 6) is -0.234. The molecule has 0 aliphatic rings. The number of carbonyl (C=O) groups excluding carboxylic acids is 2. The second-order valence-electron chi connectivity index (χ2n) is 4.53. The van der Waals surface area contributed by atoms with Gasteiger partial charge in [-0.15, -0.1) is 5.10 Å². The Hall–Kier alpha value is -2.77. The minimum atomic E-state index is -0.135. The molecule has 2 aromatic rings. The molecule has 1 heterocycles. The average molecular weight is 288 g/mol. The smallest absolute Gasteiger partial charge is 0.251 e. The molecule has 1 aromatic carbocycles. The van der Waals surface area contributed by atoms with Crippen molar-refractivity contribution in [3.63, 3.8) is 0 Å². The van der Waals surface area contributed by atoms with Gasteiger partial charge in [0.15, 0.2) is 0 Å². The Kier molecular flexibility index (Phi) is 4.60. The topological polar surface area (TPSA) is 93.0 Å². The molecule has 2 rings (SSSR count). The number of likely N-dealkylation sites (N-methyl/N-ethyl adjacent to an activating group) is 1. The van der Waals surface area contributed by atoms with Gasteiger partial charge in [-0.3, -0.25) is 9.59 Å². The highest BCUT2D eigenvalue weighted by atomic mass is 16.2. The van der Waals surface area contributed by atoms with Crippen LogP contribution in [0.15, 0.2) is 30.6 Å². The van der Waals surface area contributed by atoms with Gasteiger partial charge in [0.1, 0.15) is 12.9 Å². The maximum Gasteiger partial charge on any atom is 0.251 e. The van der Waals surface area contributed by atoms with Crippen LogP contribution in [0.4, 0.5) is 0 Å². The van der Waals surface area contributed by atoms with E-state index in [1.807, 2.05) is 12.1 Å². The lowest BCUT2D eigenvalue weighted by atomic mass is 10.1. The van der Waals surface area contributed by atoms with E-state index in [4.69, 9.17) is 0 Å². The number of amides is 2. The maximum absolute atomic E-state index is 12.0. The van der Waals surface area contributed by atoms with Crippen molar-refractivity contribution in [2.75, 3.05) is 14.1 Å². The molecule has 0 saturated heterocycles. The lowest BCUT2D eigenvalue weighted by Gasteiger charge is -2.17. The van der Waals surface area contributed by atoms with E-state index in [1.54, 1.807) is 31.1 Å². The summed E-state index contributed by atoms with van der Waals surface area (Å²) < 4.78 is 1.37. The van der Waals surface area contributed by atoms with Gasteiger partial charge in [0.25, 0.3) is 5.91 Å². The lowest BCUT2D eigenvalue weighted by Crippen LogP contribution is -2.30. The van der Waals surface area contributed by atoms with Crippen LogP contribution in [-0.2, 0) is 17.9 Å². The highest BCUT2D eigenvalue weighted by Crippen LogP contribution is 2.07. The Bertz CT molecular complexity index is 608. The molecule has 0 aliphatic carbocycles. The van der Waals surface area contributed by atoms with E-state index in [9.17, 15) is 9.59 Å². The molecule has 0 spiro atoms. The van der Waals surface area contributed by atoms with Crippen LogP contribution in [0.1, 0.15) is 15.9 Å². The van der Waals surface area contributed by atoms with Crippen molar-refractivity contribution in [3.8, 4) is 0 Å². The number of hydrogen-bond donors (Lipinski definition) is 1. The fraction of sp³-hybridized carbons (Fsp3) is 0.308. The SMILES string of the molecule is CNC(=O)c1ccc(CN(C)C(=O)Cn2cnnn2)cc1. The van der Waals surface area contributed by atoms with Crippen LogP contribution in [-0.4, -0.2) is 51.0 Å². The predicted octanol–water partition coefficient (Wildman–Crippen LogP) is -0.309. The van der Waals surface area contributed by atoms with Gasteiger partial charge < -0.3 is 10.2 Å². The van der Waals surface area contributed by atoms with Gasteiger partial charge in [-0.2, -0.15) is 0 Å². The number of hydrogen-bond acceptors (Lipinski definition) is 5. The van der Waals surface area contributed by atoms with E-state index in [0.717, 1.165) is 5.56 Å². The minimum Gasteiger partial charge on any atom is -0.355 e. The molecule has 0 fully saturated rings. The Morgan fingerprint density at radius 1 is 1.29 bits per heavy atom. The second-order valence-corrected chi connectivity index (χ2v) is 4.53. The summed E-state index contributed by atoms with van der Waals surface area (Å²) in [7, 11) is 3.29. The molecule has 0 bridgehead atoms. The fourth-order valence-corrected chi connectivity index (χ4v) is 1.78. The number of nitrogens with zero attached hydrogens (tertiary/aromatic N) is 5. The molecule has 2 amide bonds. The second kappa shape index (κ2) is 6.60. The summed E-state index contributed by atoms with van der Waals surface area (Å²) >= 11 is 0. The largest absolute Gasteiger partial charge is 0.355 e. The number of tetrazole rings is 1. The van der Waals surface area contributed by atoms with Crippen molar-refractivity contribution in [1.29, 1.82) is 0 Å². The molecule has 21 heavy (non-hydrogen) atoms. The summed E-state index contributed by atoms with van der Waals surface area (Å²) in [6.45, 7) is 0.550. The van der Waals surface area contributed by atoms with E-state index in [2.05, 4.69) is 20.8 Å². The highest BCUT2D eigenvalue weighted by Gasteiger charge is 2.11. The highest BCUT2D eigenvalue weighted by molar-refractivity contribution is 5.93. The predicted molar refractivity (Wildman–Crippen MR) is 74.1 cm³/mol. The van der Waals surface area contributed by atoms with Gasteiger partial charge in [0.2, 0.25) is 5.91 Å². The lowest BCUT2D eigenvalue weighted by molar-refractivity contribution is -0.131. The fourth-order valence-electron chi connectivity index (χ4n) is 1.78. The van der Waals surface area contributed by atoms with Gasteiger partial charge in [0.05, 0.1) is 0 Å². The first-order chi connectivity index (χ1) is 10.1. The molecule has 0 unspecified atom stereocenters. The van der Waals surface area contributed by atoms with Gasteiger partial charge in [0, 0.05) is 26.2 Å². The summed E-state index contributed by atoms with van der Waals surface area (Å²) in [6.07, 6.45) is 1.39. The van der Waals surface area contributed by atoms with Crippen molar-refractivity contribution in [3.05, 3.63) is 41.7 Å². The molecule has 1 aromatic heterocycles. The first-order valence-electron chi connectivity index (χ1n) is 6.36. The van der Waals surface area contributed by atoms with Gasteiger partial charge in [-0.05, 0) is 28.1 Å². The third-order valence-corrected chi connectivity index (χ3v) is 2.98. The number of rotatable bonds is 5. The number of carbonyl (C=O) groups is 2. The van der Waals surface area contributed by atoms with Crippen molar-refractivity contribution in [1.82, 2.24) is 30.4 Å². The zero-order valence-electron chi connectivity index (χ0n) is 11.9. The summed E-state index contributed by atoms with van der Waals surface area (Å²) in [5, 5.41) is 13.2. The van der Waals surface area contributed by atoms with Crippen molar-refractivity contribution < 1.29 is 9.59 Å². The minimum absolute atomic E-state index is 0.0970. The van der Waals surface area contributed by atoms with Gasteiger partial charge in [-0.1, -0.05) is 12.1 Å². The number of aromatic nitrogens is 4. The van der Waals surface area contributed by atoms with Crippen LogP contribution < -0.4 is 5.32 Å². The quantitative estimate of drug-likeness (QED) is 0.814. The molecular formula is C13H16N6O2. The Morgan fingerprint density at radius 2 is 2.00 bits per heavy atom. The number of benzene rings is 1. The third kappa shape index (κ3) is 3.85. The molecule has 110 valence electrons. The van der Waals surface area contributed by atoms with Crippen LogP contribution in [0.2, 0.25) is 0 Å². The summed E-state index contributed by atoms with van der Waals surface area (Å²) in [5.41, 5.74) is 1.53. The average Bonchev–Trinajstić information content (AvgIpc) is 3.00. The molecule has 8 nitrogen and oxygen atoms in total. The third-order valence-electron chi connectivity index (χ3n) is 2.98. The Labute approximate surface area is 121 Å². The Balaban J connectivity index is 1.94. The van der Waals surface area contributed by atoms with E-state index in [-0.39, 0.29) is 18.4 Å². The van der Waals surface area contributed by atoms with E-state index < -0.39 is 0 Å². The molecule has 0 aliphatic heterocycles. The zero-order valence-corrected chi connectivity index (χ0v) is 11.9. The van der Waals surface area contributed by atoms with Crippen molar-refractivity contribution in [2.24, 2.45) is 0 Å². The van der Waals surface area contributed by atoms with Crippen molar-refractivity contribution in [2.45, 2.75) is 13.1 Å². The molecule has 1 N–H and O–H groups in total. The first kappa shape index (κ1) is 14.6. The molecular weight excluding hydrogens is 272 g/mol. The summed E-state index contributed by atoms with van der Waals surface area (Å²) in [4.78, 5) is 25.0. The van der Waals surface area contributed by atoms with Crippen LogP contribution in [0.3, 0.4) is 0 Å². The monoisotopic (exact) mass is 288 g/mol. The first-order valence-corrected chi connectivity index (χ1v) is 6.36. The van der Waals surface area contributed by atoms with Crippen LogP contribution >= 0.6 is 0 Å². The maximum atomic E-state index is 12.0. The molecule has 0 saturated carbocycles. The van der Waals surface area contributed by atoms with Gasteiger partial charge >= 0.3 is 0 Å². The molecule has 0 radical (unpaired) electrons. The number of nitrogens with one attached hydrogen (secondary N) is 1. The normalized spacial score (nSPS) is 10.2. The van der Waals surface area contributed by atoms with E-state index in [1.165, 1.54) is 11.0 Å². The Morgan fingerprint density at radius 3 is 2.57 bits per heavy atom. The summed E-state index contributed by atoms with van der Waals surface area (Å²) in [6, 6.07) is 7.11. The van der Waals surface area contributed by atoms with Crippen LogP contribution in [0, 0.1) is 0 Å². The van der Waals surface area contributed by atoms with Gasteiger partial charge in [-0.25, -0.2) is 4.68 Å². The zero-order chi connectivity index (χ0) is 15.2. The molecule has 8 heteroatoms. The van der Waals surface area contributed by atoms with E-state index in [0.29, 0.717) is 12.1 Å². The van der Waals surface area contributed by atoms with Crippen molar-refractivity contribution >= 4 is 11.8 Å².